The Balaban J connectivity index is 1.58. The first-order valence-electron chi connectivity index (χ1n) is 7.78. The van der Waals surface area contributed by atoms with Crippen molar-refractivity contribution in [1.29, 1.82) is 0 Å². The topological polar surface area (TPSA) is 81.9 Å². The van der Waals surface area contributed by atoms with Crippen molar-refractivity contribution in [2.24, 2.45) is 0 Å². The van der Waals surface area contributed by atoms with Crippen molar-refractivity contribution in [3.8, 4) is 11.4 Å². The number of carbonyl (C=O) groups is 1. The smallest absolute Gasteiger partial charge is 0.387 e. The number of carbonyl (C=O) groups excluding carboxylic acids is 1. The van der Waals surface area contributed by atoms with Crippen LogP contribution in [0.5, 0.6) is 5.75 Å². The average Bonchev–Trinajstić information content (AvgIpc) is 3.17. The number of halogens is 2. The second-order valence-corrected chi connectivity index (χ2v) is 5.30. The molecule has 0 radical (unpaired) electrons. The van der Waals surface area contributed by atoms with Crippen molar-refractivity contribution in [3.63, 3.8) is 0 Å². The number of alkyl halides is 2. The van der Waals surface area contributed by atoms with E-state index < -0.39 is 6.61 Å². The highest BCUT2D eigenvalue weighted by Crippen LogP contribution is 2.15. The van der Waals surface area contributed by atoms with Crippen LogP contribution in [0, 0.1) is 0 Å². The van der Waals surface area contributed by atoms with Gasteiger partial charge in [0.25, 0.3) is 5.91 Å². The Kier molecular flexibility index (Phi) is 5.47. The van der Waals surface area contributed by atoms with Gasteiger partial charge in [0.2, 0.25) is 0 Å². The first-order valence-corrected chi connectivity index (χ1v) is 7.78. The van der Waals surface area contributed by atoms with E-state index in [4.69, 9.17) is 0 Å². The quantitative estimate of drug-likeness (QED) is 0.700. The molecule has 0 aliphatic rings. The van der Waals surface area contributed by atoms with Gasteiger partial charge in [0.15, 0.2) is 0 Å². The summed E-state index contributed by atoms with van der Waals surface area (Å²) in [5, 5.41) is 13.8. The summed E-state index contributed by atoms with van der Waals surface area (Å²) in [5.41, 5.74) is 1.91. The van der Waals surface area contributed by atoms with Crippen LogP contribution < -0.4 is 10.1 Å². The molecule has 0 spiro atoms. The van der Waals surface area contributed by atoms with Gasteiger partial charge in [0, 0.05) is 6.54 Å². The Morgan fingerprint density at radius 3 is 2.62 bits per heavy atom. The van der Waals surface area contributed by atoms with Crippen molar-refractivity contribution in [1.82, 2.24) is 25.5 Å². The number of hydrogen-bond donors (Lipinski definition) is 1. The zero-order valence-corrected chi connectivity index (χ0v) is 13.5. The van der Waals surface area contributed by atoms with Gasteiger partial charge >= 0.3 is 6.61 Å². The fourth-order valence-electron chi connectivity index (χ4n) is 2.39. The third-order valence-electron chi connectivity index (χ3n) is 3.59. The lowest BCUT2D eigenvalue weighted by Gasteiger charge is -2.10. The minimum atomic E-state index is -2.85. The van der Waals surface area contributed by atoms with Crippen LogP contribution in [-0.4, -0.2) is 39.3 Å². The highest BCUT2D eigenvalue weighted by Gasteiger charge is 2.12. The van der Waals surface area contributed by atoms with Crippen molar-refractivity contribution >= 4 is 5.91 Å². The summed E-state index contributed by atoms with van der Waals surface area (Å²) in [6.45, 7) is -2.46. The van der Waals surface area contributed by atoms with Gasteiger partial charge in [0.1, 0.15) is 12.1 Å². The molecule has 0 saturated heterocycles. The Bertz CT molecular complexity index is 854. The summed E-state index contributed by atoms with van der Waals surface area (Å²) in [6.07, 6.45) is 1.96. The number of nitrogens with one attached hydrogen (secondary N) is 1. The summed E-state index contributed by atoms with van der Waals surface area (Å²) in [7, 11) is 0. The number of ether oxygens (including phenoxy) is 1. The predicted octanol–water partition coefficient (Wildman–Crippen LogP) is 2.24. The molecule has 2 aromatic carbocycles. The molecule has 1 N–H and O–H groups in total. The number of hydrogen-bond acceptors (Lipinski definition) is 5. The molecule has 7 nitrogen and oxygen atoms in total. The van der Waals surface area contributed by atoms with Crippen molar-refractivity contribution in [2.75, 3.05) is 6.54 Å². The first kappa shape index (κ1) is 17.5. The van der Waals surface area contributed by atoms with E-state index in [1.807, 2.05) is 0 Å². The fraction of sp³-hybridized carbons (Fsp3) is 0.176. The highest BCUT2D eigenvalue weighted by molar-refractivity contribution is 5.97. The van der Waals surface area contributed by atoms with Gasteiger partial charge in [-0.15, -0.1) is 5.10 Å². The van der Waals surface area contributed by atoms with Crippen LogP contribution in [0.25, 0.3) is 5.69 Å². The maximum absolute atomic E-state index is 12.4. The van der Waals surface area contributed by atoms with Gasteiger partial charge in [-0.2, -0.15) is 13.5 Å². The molecule has 134 valence electrons. The van der Waals surface area contributed by atoms with Crippen LogP contribution in [0.15, 0.2) is 54.9 Å². The summed E-state index contributed by atoms with van der Waals surface area (Å²) in [5.74, 6) is -0.156. The Morgan fingerprint density at radius 2 is 1.92 bits per heavy atom. The molecular weight excluding hydrogens is 344 g/mol. The average molecular weight is 359 g/mol. The minimum Gasteiger partial charge on any atom is -0.435 e. The van der Waals surface area contributed by atoms with Crippen molar-refractivity contribution in [2.45, 2.75) is 13.0 Å². The molecule has 26 heavy (non-hydrogen) atoms. The third-order valence-corrected chi connectivity index (χ3v) is 3.59. The van der Waals surface area contributed by atoms with E-state index in [-0.39, 0.29) is 11.7 Å². The number of tetrazole rings is 1. The zero-order valence-electron chi connectivity index (χ0n) is 13.5. The highest BCUT2D eigenvalue weighted by atomic mass is 19.3. The largest absolute Gasteiger partial charge is 0.435 e. The Morgan fingerprint density at radius 1 is 1.15 bits per heavy atom. The maximum Gasteiger partial charge on any atom is 0.387 e. The molecule has 9 heteroatoms. The maximum atomic E-state index is 12.4. The molecule has 1 aromatic heterocycles. The van der Waals surface area contributed by atoms with E-state index in [2.05, 4.69) is 25.6 Å². The Labute approximate surface area is 147 Å². The number of aromatic nitrogens is 4. The molecule has 0 unspecified atom stereocenters. The van der Waals surface area contributed by atoms with E-state index in [0.29, 0.717) is 24.2 Å². The zero-order chi connectivity index (χ0) is 18.4. The number of benzene rings is 2. The molecule has 1 heterocycles. The molecule has 1 amide bonds. The van der Waals surface area contributed by atoms with Gasteiger partial charge in [-0.3, -0.25) is 4.79 Å². The lowest BCUT2D eigenvalue weighted by Crippen LogP contribution is -2.26. The molecule has 3 rings (SSSR count). The van der Waals surface area contributed by atoms with Gasteiger partial charge in [-0.05, 0) is 46.7 Å². The van der Waals surface area contributed by atoms with E-state index in [9.17, 15) is 13.6 Å². The number of para-hydroxylation sites is 1. The minimum absolute atomic E-state index is 0.100. The molecule has 0 saturated carbocycles. The first-order chi connectivity index (χ1) is 12.6. The summed E-state index contributed by atoms with van der Waals surface area (Å²) in [4.78, 5) is 12.4. The van der Waals surface area contributed by atoms with E-state index in [1.165, 1.54) is 23.1 Å². The molecule has 0 fully saturated rings. The fourth-order valence-corrected chi connectivity index (χ4v) is 2.39. The lowest BCUT2D eigenvalue weighted by molar-refractivity contribution is -0.0498. The number of nitrogens with zero attached hydrogens (tertiary/aromatic N) is 4. The normalized spacial score (nSPS) is 10.7. The molecular formula is C17H15F2N5O2. The molecule has 0 aliphatic heterocycles. The summed E-state index contributed by atoms with van der Waals surface area (Å²) in [6, 6.07) is 13.3. The molecule has 0 aliphatic carbocycles. The predicted molar refractivity (Wildman–Crippen MR) is 88.3 cm³/mol. The molecule has 0 atom stereocenters. The van der Waals surface area contributed by atoms with Crippen LogP contribution in [0.3, 0.4) is 0 Å². The van der Waals surface area contributed by atoms with E-state index >= 15 is 0 Å². The van der Waals surface area contributed by atoms with E-state index in [0.717, 1.165) is 5.56 Å². The Hall–Kier alpha value is -3.36. The molecule has 3 aromatic rings. The summed E-state index contributed by atoms with van der Waals surface area (Å²) < 4.78 is 30.0. The van der Waals surface area contributed by atoms with Gasteiger partial charge in [-0.1, -0.05) is 24.3 Å². The number of rotatable bonds is 7. The third kappa shape index (κ3) is 4.38. The standard InChI is InChI=1S/C17H15F2N5O2/c18-17(19)26-13-7-5-12(6-8-13)9-10-20-16(25)14-3-1-2-4-15(14)24-11-21-22-23-24/h1-8,11,17H,9-10H2,(H,20,25). The second kappa shape index (κ2) is 8.15. The monoisotopic (exact) mass is 359 g/mol. The molecule has 0 bridgehead atoms. The second-order valence-electron chi connectivity index (χ2n) is 5.30. The van der Waals surface area contributed by atoms with Crippen LogP contribution in [-0.2, 0) is 6.42 Å². The van der Waals surface area contributed by atoms with Crippen LogP contribution in [0.1, 0.15) is 15.9 Å². The summed E-state index contributed by atoms with van der Waals surface area (Å²) >= 11 is 0. The van der Waals surface area contributed by atoms with Crippen LogP contribution in [0.2, 0.25) is 0 Å². The SMILES string of the molecule is O=C(NCCc1ccc(OC(F)F)cc1)c1ccccc1-n1cnnn1. The van der Waals surface area contributed by atoms with Gasteiger partial charge in [0.05, 0.1) is 11.3 Å². The van der Waals surface area contributed by atoms with Gasteiger partial charge in [-0.25, -0.2) is 0 Å². The van der Waals surface area contributed by atoms with E-state index in [1.54, 1.807) is 36.4 Å². The van der Waals surface area contributed by atoms with Gasteiger partial charge < -0.3 is 10.1 Å². The van der Waals surface area contributed by atoms with Crippen LogP contribution in [0.4, 0.5) is 8.78 Å². The lowest BCUT2D eigenvalue weighted by atomic mass is 10.1. The van der Waals surface area contributed by atoms with Crippen LogP contribution >= 0.6 is 0 Å². The number of amides is 1. The van der Waals surface area contributed by atoms with Crippen molar-refractivity contribution < 1.29 is 18.3 Å². The van der Waals surface area contributed by atoms with Crippen molar-refractivity contribution in [3.05, 3.63) is 66.0 Å².